The molecule has 0 aromatic carbocycles. The Morgan fingerprint density at radius 3 is 2.88 bits per heavy atom. The van der Waals surface area contributed by atoms with E-state index in [1.165, 1.54) is 12.2 Å². The molecule has 5 heteroatoms. The number of hydrogen-bond acceptors (Lipinski definition) is 2. The van der Waals surface area contributed by atoms with Crippen LogP contribution in [0, 0.1) is 0 Å². The molecule has 3 heterocycles. The summed E-state index contributed by atoms with van der Waals surface area (Å²) in [5.41, 5.74) is 1.92. The first-order valence-corrected chi connectivity index (χ1v) is 6.76. The molecular formula is C12H15BrN4. The third kappa shape index (κ3) is 1.73. The van der Waals surface area contributed by atoms with Crippen LogP contribution in [0.15, 0.2) is 16.9 Å². The molecule has 0 N–H and O–H groups in total. The monoisotopic (exact) mass is 294 g/mol. The molecule has 0 fully saturated rings. The normalized spacial score (nSPS) is 14.6. The van der Waals surface area contributed by atoms with Crippen molar-refractivity contribution in [1.29, 1.82) is 0 Å². The maximum absolute atomic E-state index is 4.67. The number of nitrogens with zero attached hydrogens (tertiary/aromatic N) is 4. The highest BCUT2D eigenvalue weighted by atomic mass is 79.9. The zero-order chi connectivity index (χ0) is 12.0. The van der Waals surface area contributed by atoms with E-state index in [-0.39, 0.29) is 0 Å². The van der Waals surface area contributed by atoms with Gasteiger partial charge in [-0.05, 0) is 42.3 Å². The number of fused-ring (bicyclic) bond motifs is 1. The van der Waals surface area contributed by atoms with Crippen LogP contribution in [0.2, 0.25) is 0 Å². The molecule has 90 valence electrons. The summed E-state index contributed by atoms with van der Waals surface area (Å²) < 4.78 is 5.27. The zero-order valence-corrected chi connectivity index (χ0v) is 11.6. The summed E-state index contributed by atoms with van der Waals surface area (Å²) in [6.07, 6.45) is 4.28. The Kier molecular flexibility index (Phi) is 2.58. The summed E-state index contributed by atoms with van der Waals surface area (Å²) in [7, 11) is 0. The van der Waals surface area contributed by atoms with Crippen LogP contribution >= 0.6 is 15.9 Å². The van der Waals surface area contributed by atoms with Crippen molar-refractivity contribution < 1.29 is 0 Å². The maximum atomic E-state index is 4.67. The average Bonchev–Trinajstić information content (AvgIpc) is 2.95. The second-order valence-electron chi connectivity index (χ2n) is 4.70. The lowest BCUT2D eigenvalue weighted by molar-refractivity contribution is 0.534. The SMILES string of the molecule is CC(C)n1ccc(-c2nc3n(c2Br)CCC3)n1. The van der Waals surface area contributed by atoms with E-state index in [2.05, 4.69) is 44.4 Å². The topological polar surface area (TPSA) is 35.6 Å². The van der Waals surface area contributed by atoms with Crippen molar-refractivity contribution in [2.75, 3.05) is 0 Å². The van der Waals surface area contributed by atoms with Crippen LogP contribution in [0.25, 0.3) is 11.4 Å². The van der Waals surface area contributed by atoms with Gasteiger partial charge in [0.15, 0.2) is 0 Å². The van der Waals surface area contributed by atoms with E-state index in [1.54, 1.807) is 0 Å². The highest BCUT2D eigenvalue weighted by Gasteiger charge is 2.21. The molecule has 17 heavy (non-hydrogen) atoms. The van der Waals surface area contributed by atoms with Gasteiger partial charge in [-0.25, -0.2) is 4.98 Å². The van der Waals surface area contributed by atoms with Crippen LogP contribution < -0.4 is 0 Å². The molecular weight excluding hydrogens is 280 g/mol. The first kappa shape index (κ1) is 11.0. The van der Waals surface area contributed by atoms with Crippen LogP contribution in [0.1, 0.15) is 32.1 Å². The van der Waals surface area contributed by atoms with Gasteiger partial charge in [-0.15, -0.1) is 0 Å². The van der Waals surface area contributed by atoms with Crippen molar-refractivity contribution in [3.05, 3.63) is 22.7 Å². The van der Waals surface area contributed by atoms with E-state index in [1.807, 2.05) is 16.9 Å². The Labute approximate surface area is 109 Å². The average molecular weight is 295 g/mol. The molecule has 0 spiro atoms. The largest absolute Gasteiger partial charge is 0.322 e. The van der Waals surface area contributed by atoms with Crippen LogP contribution in [0.5, 0.6) is 0 Å². The molecule has 0 unspecified atom stereocenters. The molecule has 2 aromatic heterocycles. The summed E-state index contributed by atoms with van der Waals surface area (Å²) in [6, 6.07) is 2.42. The van der Waals surface area contributed by atoms with E-state index in [0.717, 1.165) is 29.0 Å². The molecule has 0 radical (unpaired) electrons. The van der Waals surface area contributed by atoms with Crippen LogP contribution in [-0.4, -0.2) is 19.3 Å². The number of hydrogen-bond donors (Lipinski definition) is 0. The molecule has 0 saturated heterocycles. The highest BCUT2D eigenvalue weighted by molar-refractivity contribution is 9.10. The van der Waals surface area contributed by atoms with Gasteiger partial charge in [-0.1, -0.05) is 0 Å². The molecule has 4 nitrogen and oxygen atoms in total. The maximum Gasteiger partial charge on any atom is 0.123 e. The van der Waals surface area contributed by atoms with Gasteiger partial charge < -0.3 is 4.57 Å². The fraction of sp³-hybridized carbons (Fsp3) is 0.500. The van der Waals surface area contributed by atoms with Gasteiger partial charge in [0.2, 0.25) is 0 Å². The molecule has 0 bridgehead atoms. The molecule has 0 aliphatic carbocycles. The second kappa shape index (κ2) is 3.98. The van der Waals surface area contributed by atoms with E-state index < -0.39 is 0 Å². The Balaban J connectivity index is 2.03. The molecule has 0 saturated carbocycles. The first-order valence-electron chi connectivity index (χ1n) is 5.97. The lowest BCUT2D eigenvalue weighted by Crippen LogP contribution is -2.01. The van der Waals surface area contributed by atoms with Crippen LogP contribution in [-0.2, 0) is 13.0 Å². The van der Waals surface area contributed by atoms with Gasteiger partial charge in [0.1, 0.15) is 21.8 Å². The van der Waals surface area contributed by atoms with Gasteiger partial charge in [0.05, 0.1) is 0 Å². The molecule has 1 aliphatic rings. The van der Waals surface area contributed by atoms with Gasteiger partial charge >= 0.3 is 0 Å². The zero-order valence-electron chi connectivity index (χ0n) is 10.0. The van der Waals surface area contributed by atoms with Crippen LogP contribution in [0.4, 0.5) is 0 Å². The minimum atomic E-state index is 0.386. The van der Waals surface area contributed by atoms with Gasteiger partial charge in [-0.3, -0.25) is 4.68 Å². The first-order chi connectivity index (χ1) is 8.16. The smallest absolute Gasteiger partial charge is 0.123 e. The Bertz CT molecular complexity index is 553. The third-order valence-corrected chi connectivity index (χ3v) is 3.95. The minimum absolute atomic E-state index is 0.386. The quantitative estimate of drug-likeness (QED) is 0.853. The van der Waals surface area contributed by atoms with E-state index >= 15 is 0 Å². The number of imidazole rings is 1. The molecule has 3 rings (SSSR count). The number of halogens is 1. The second-order valence-corrected chi connectivity index (χ2v) is 5.45. The van der Waals surface area contributed by atoms with Crippen molar-refractivity contribution in [2.45, 2.75) is 39.3 Å². The standard InChI is InChI=1S/C12H15BrN4/c1-8(2)17-7-5-9(15-17)11-12(13)16-6-3-4-10(16)14-11/h5,7-8H,3-4,6H2,1-2H3. The number of rotatable bonds is 2. The summed E-state index contributed by atoms with van der Waals surface area (Å²) in [4.78, 5) is 4.67. The molecule has 2 aromatic rings. The van der Waals surface area contributed by atoms with E-state index in [9.17, 15) is 0 Å². The molecule has 0 amide bonds. The summed E-state index contributed by atoms with van der Waals surface area (Å²) in [6.45, 7) is 5.31. The van der Waals surface area contributed by atoms with Crippen molar-refractivity contribution in [2.24, 2.45) is 0 Å². The van der Waals surface area contributed by atoms with E-state index in [0.29, 0.717) is 6.04 Å². The summed E-state index contributed by atoms with van der Waals surface area (Å²) in [5, 5.41) is 4.56. The Morgan fingerprint density at radius 1 is 1.41 bits per heavy atom. The predicted octanol–water partition coefficient (Wildman–Crippen LogP) is 3.04. The lowest BCUT2D eigenvalue weighted by Gasteiger charge is -2.03. The minimum Gasteiger partial charge on any atom is -0.322 e. The molecule has 0 atom stereocenters. The fourth-order valence-corrected chi connectivity index (χ4v) is 2.88. The fourth-order valence-electron chi connectivity index (χ4n) is 2.20. The highest BCUT2D eigenvalue weighted by Crippen LogP contribution is 2.31. The Hall–Kier alpha value is -1.10. The van der Waals surface area contributed by atoms with Gasteiger partial charge in [-0.2, -0.15) is 5.10 Å². The third-order valence-electron chi connectivity index (χ3n) is 3.15. The number of aromatic nitrogens is 4. The Morgan fingerprint density at radius 2 is 2.24 bits per heavy atom. The van der Waals surface area contributed by atoms with Crippen molar-refractivity contribution in [3.63, 3.8) is 0 Å². The van der Waals surface area contributed by atoms with Gasteiger partial charge in [0.25, 0.3) is 0 Å². The summed E-state index contributed by atoms with van der Waals surface area (Å²) in [5.74, 6) is 1.17. The van der Waals surface area contributed by atoms with Gasteiger partial charge in [0, 0.05) is 25.2 Å². The van der Waals surface area contributed by atoms with Crippen molar-refractivity contribution >= 4 is 15.9 Å². The van der Waals surface area contributed by atoms with E-state index in [4.69, 9.17) is 0 Å². The lowest BCUT2D eigenvalue weighted by atomic mass is 10.3. The van der Waals surface area contributed by atoms with Crippen LogP contribution in [0.3, 0.4) is 0 Å². The summed E-state index contributed by atoms with van der Waals surface area (Å²) >= 11 is 3.64. The van der Waals surface area contributed by atoms with Crippen molar-refractivity contribution in [1.82, 2.24) is 19.3 Å². The number of aryl methyl sites for hydroxylation is 1. The van der Waals surface area contributed by atoms with Crippen molar-refractivity contribution in [3.8, 4) is 11.4 Å². The predicted molar refractivity (Wildman–Crippen MR) is 69.9 cm³/mol. The molecule has 1 aliphatic heterocycles.